The molecule has 0 bridgehead atoms. The fraction of sp³-hybridized carbons (Fsp3) is 0.350. The molecule has 2 amide bonds. The molecule has 51 heavy (non-hydrogen) atoms. The van der Waals surface area contributed by atoms with Gasteiger partial charge < -0.3 is 43.3 Å². The van der Waals surface area contributed by atoms with Crippen LogP contribution in [-0.4, -0.2) is 87.6 Å². The van der Waals surface area contributed by atoms with E-state index in [4.69, 9.17) is 23.7 Å². The molecule has 4 heterocycles. The number of amides is 2. The third kappa shape index (κ3) is 7.39. The smallest absolute Gasteiger partial charge is 0.231 e. The number of fused-ring (bicyclic) bond motifs is 2. The van der Waals surface area contributed by atoms with Gasteiger partial charge in [-0.15, -0.1) is 0 Å². The molecule has 4 aromatic carbocycles. The molecule has 0 aliphatic carbocycles. The van der Waals surface area contributed by atoms with Gasteiger partial charge in [0, 0.05) is 75.9 Å². The van der Waals surface area contributed by atoms with Crippen molar-refractivity contribution in [1.29, 1.82) is 0 Å². The van der Waals surface area contributed by atoms with Crippen LogP contribution < -0.4 is 28.7 Å². The molecule has 8 rings (SSSR count). The van der Waals surface area contributed by atoms with E-state index in [2.05, 4.69) is 9.80 Å². The lowest BCUT2D eigenvalue weighted by Gasteiger charge is -2.37. The van der Waals surface area contributed by atoms with E-state index < -0.39 is 12.2 Å². The van der Waals surface area contributed by atoms with Gasteiger partial charge in [-0.05, 0) is 35.4 Å². The molecule has 4 aliphatic rings. The van der Waals surface area contributed by atoms with Crippen LogP contribution in [0.3, 0.4) is 0 Å². The van der Waals surface area contributed by atoms with Gasteiger partial charge in [0.2, 0.25) is 25.4 Å². The summed E-state index contributed by atoms with van der Waals surface area (Å²) in [5.74, 6) is 3.09. The zero-order chi connectivity index (χ0) is 34.6. The molecule has 4 aliphatic heterocycles. The average Bonchev–Trinajstić information content (AvgIpc) is 3.87. The molecule has 2 unspecified atom stereocenters. The zero-order valence-electron chi connectivity index (χ0n) is 28.5. The molecule has 4 aromatic rings. The van der Waals surface area contributed by atoms with Gasteiger partial charge in [-0.25, -0.2) is 0 Å². The van der Waals surface area contributed by atoms with Crippen molar-refractivity contribution in [2.75, 3.05) is 75.7 Å². The first-order valence-corrected chi connectivity index (χ1v) is 17.7. The Morgan fingerprint density at radius 1 is 0.510 bits per heavy atom. The second kappa shape index (κ2) is 14.8. The van der Waals surface area contributed by atoms with Gasteiger partial charge >= 0.3 is 0 Å². The fourth-order valence-electron chi connectivity index (χ4n) is 7.19. The first kappa shape index (κ1) is 32.8. The van der Waals surface area contributed by atoms with Crippen LogP contribution in [0.5, 0.6) is 23.0 Å². The summed E-state index contributed by atoms with van der Waals surface area (Å²) >= 11 is 0. The molecule has 0 N–H and O–H groups in total. The van der Waals surface area contributed by atoms with E-state index in [0.29, 0.717) is 52.4 Å². The topological polar surface area (TPSA) is 93.3 Å². The van der Waals surface area contributed by atoms with Crippen molar-refractivity contribution in [1.82, 2.24) is 9.80 Å². The van der Waals surface area contributed by atoms with Gasteiger partial charge in [0.25, 0.3) is 0 Å². The Bertz CT molecular complexity index is 1690. The van der Waals surface area contributed by atoms with Crippen molar-refractivity contribution < 1.29 is 33.3 Å². The Hall–Kier alpha value is -5.42. The Labute approximate surface area is 297 Å². The molecular weight excluding hydrogens is 648 g/mol. The van der Waals surface area contributed by atoms with Crippen molar-refractivity contribution in [3.05, 3.63) is 108 Å². The van der Waals surface area contributed by atoms with Crippen molar-refractivity contribution >= 4 is 23.2 Å². The molecule has 0 spiro atoms. The van der Waals surface area contributed by atoms with Crippen molar-refractivity contribution in [2.45, 2.75) is 25.0 Å². The standard InChI is InChI=1S/C40H42N4O7/c45-39(43-19-15-41(16-20-43)31-11-13-33-37(23-31)49-27-47-33)25-35(29-7-3-1-4-8-29)51-36(30-9-5-2-6-10-30)26-40(46)44-21-17-42(18-22-44)32-12-14-34-38(24-32)50-28-48-34/h1-14,23-24,35-36H,15-22,25-28H2. The lowest BCUT2D eigenvalue weighted by Crippen LogP contribution is -2.49. The molecule has 11 heteroatoms. The van der Waals surface area contributed by atoms with E-state index in [-0.39, 0.29) is 38.2 Å². The van der Waals surface area contributed by atoms with Crippen molar-refractivity contribution in [3.63, 3.8) is 0 Å². The monoisotopic (exact) mass is 690 g/mol. The number of rotatable bonds is 10. The second-order valence-corrected chi connectivity index (χ2v) is 13.2. The lowest BCUT2D eigenvalue weighted by atomic mass is 10.0. The van der Waals surface area contributed by atoms with E-state index in [0.717, 1.165) is 45.5 Å². The first-order chi connectivity index (χ1) is 25.1. The van der Waals surface area contributed by atoms with E-state index in [1.165, 1.54) is 0 Å². The Balaban J connectivity index is 0.922. The average molecular weight is 691 g/mol. The number of hydrogen-bond donors (Lipinski definition) is 0. The van der Waals surface area contributed by atoms with Crippen molar-refractivity contribution in [2.24, 2.45) is 0 Å². The number of nitrogens with zero attached hydrogens (tertiary/aromatic N) is 4. The number of anilines is 2. The van der Waals surface area contributed by atoms with Gasteiger partial charge in [0.15, 0.2) is 23.0 Å². The molecule has 2 atom stereocenters. The molecule has 264 valence electrons. The molecule has 0 saturated carbocycles. The fourth-order valence-corrected chi connectivity index (χ4v) is 7.19. The molecular formula is C40H42N4O7. The summed E-state index contributed by atoms with van der Waals surface area (Å²) < 4.78 is 28.9. The van der Waals surface area contributed by atoms with E-state index in [1.807, 2.05) is 107 Å². The molecule has 2 fully saturated rings. The largest absolute Gasteiger partial charge is 0.454 e. The number of benzene rings is 4. The van der Waals surface area contributed by atoms with Gasteiger partial charge in [0.1, 0.15) is 0 Å². The maximum absolute atomic E-state index is 13.9. The maximum Gasteiger partial charge on any atom is 0.231 e. The minimum atomic E-state index is -0.522. The zero-order valence-corrected chi connectivity index (χ0v) is 28.5. The highest BCUT2D eigenvalue weighted by atomic mass is 16.7. The molecule has 0 aromatic heterocycles. The SMILES string of the molecule is O=C(CC(OC(CC(=O)N1CCN(c2ccc3c(c2)OCO3)CC1)c1ccccc1)c1ccccc1)N1CCN(c2ccc3c(c2)OCO3)CC1. The third-order valence-electron chi connectivity index (χ3n) is 10.1. The summed E-state index contributed by atoms with van der Waals surface area (Å²) in [6.07, 6.45) is -0.683. The first-order valence-electron chi connectivity index (χ1n) is 17.7. The third-order valence-corrected chi connectivity index (χ3v) is 10.1. The minimum Gasteiger partial charge on any atom is -0.454 e. The van der Waals surface area contributed by atoms with E-state index in [9.17, 15) is 9.59 Å². The van der Waals surface area contributed by atoms with Crippen LogP contribution in [0, 0.1) is 0 Å². The number of ether oxygens (including phenoxy) is 5. The highest BCUT2D eigenvalue weighted by Crippen LogP contribution is 2.38. The summed E-state index contributed by atoms with van der Waals surface area (Å²) in [7, 11) is 0. The predicted molar refractivity (Wildman–Crippen MR) is 191 cm³/mol. The Kier molecular flexibility index (Phi) is 9.52. The quantitative estimate of drug-likeness (QED) is 0.216. The summed E-state index contributed by atoms with van der Waals surface area (Å²) in [6, 6.07) is 31.7. The molecule has 11 nitrogen and oxygen atoms in total. The van der Waals surface area contributed by atoms with Crippen molar-refractivity contribution in [3.8, 4) is 23.0 Å². The van der Waals surface area contributed by atoms with Crippen LogP contribution >= 0.6 is 0 Å². The maximum atomic E-state index is 13.9. The minimum absolute atomic E-state index is 0.0342. The number of hydrogen-bond acceptors (Lipinski definition) is 9. The normalized spacial score (nSPS) is 17.7. The Morgan fingerprint density at radius 3 is 1.31 bits per heavy atom. The predicted octanol–water partition coefficient (Wildman–Crippen LogP) is 5.42. The van der Waals surface area contributed by atoms with E-state index >= 15 is 0 Å². The molecule has 2 saturated heterocycles. The van der Waals surface area contributed by atoms with Crippen LogP contribution in [0.4, 0.5) is 11.4 Å². The molecule has 0 radical (unpaired) electrons. The second-order valence-electron chi connectivity index (χ2n) is 13.2. The number of carbonyl (C=O) groups is 2. The van der Waals surface area contributed by atoms with E-state index in [1.54, 1.807) is 0 Å². The van der Waals surface area contributed by atoms with Crippen LogP contribution in [0.25, 0.3) is 0 Å². The van der Waals surface area contributed by atoms with Gasteiger partial charge in [-0.2, -0.15) is 0 Å². The Morgan fingerprint density at radius 2 is 0.902 bits per heavy atom. The van der Waals surface area contributed by atoms with Gasteiger partial charge in [-0.1, -0.05) is 60.7 Å². The highest BCUT2D eigenvalue weighted by Gasteiger charge is 2.31. The van der Waals surface area contributed by atoms with Crippen LogP contribution in [0.15, 0.2) is 97.1 Å². The summed E-state index contributed by atoms with van der Waals surface area (Å²) in [5.41, 5.74) is 3.94. The summed E-state index contributed by atoms with van der Waals surface area (Å²) in [4.78, 5) is 36.1. The van der Waals surface area contributed by atoms with Crippen LogP contribution in [0.1, 0.15) is 36.2 Å². The summed E-state index contributed by atoms with van der Waals surface area (Å²) in [5, 5.41) is 0. The van der Waals surface area contributed by atoms with Crippen LogP contribution in [0.2, 0.25) is 0 Å². The highest BCUT2D eigenvalue weighted by molar-refractivity contribution is 5.78. The van der Waals surface area contributed by atoms with Gasteiger partial charge in [-0.3, -0.25) is 9.59 Å². The number of piperazine rings is 2. The van der Waals surface area contributed by atoms with Gasteiger partial charge in [0.05, 0.1) is 25.0 Å². The lowest BCUT2D eigenvalue weighted by molar-refractivity contribution is -0.139. The van der Waals surface area contributed by atoms with Crippen LogP contribution in [-0.2, 0) is 14.3 Å². The number of carbonyl (C=O) groups excluding carboxylic acids is 2. The summed E-state index contributed by atoms with van der Waals surface area (Å²) in [6.45, 7) is 5.76.